The monoisotopic (exact) mass is 305 g/mol. The van der Waals surface area contributed by atoms with E-state index in [2.05, 4.69) is 26.8 Å². The molecule has 9 heteroatoms. The van der Waals surface area contributed by atoms with Crippen molar-refractivity contribution in [2.45, 2.75) is 44.1 Å². The molecule has 0 spiro atoms. The molecular formula is C12H14F3N3O3. The first-order valence-electron chi connectivity index (χ1n) is 6.32. The van der Waals surface area contributed by atoms with Crippen molar-refractivity contribution in [1.29, 1.82) is 0 Å². The number of carbonyl (C=O) groups is 1. The number of halogens is 3. The first-order chi connectivity index (χ1) is 9.87. The number of aromatic nitrogens is 2. The van der Waals surface area contributed by atoms with Crippen LogP contribution in [0, 0.1) is 0 Å². The van der Waals surface area contributed by atoms with Gasteiger partial charge >= 0.3 is 6.36 Å². The third-order valence-electron chi connectivity index (χ3n) is 3.13. The van der Waals surface area contributed by atoms with Gasteiger partial charge in [0.2, 0.25) is 18.2 Å². The van der Waals surface area contributed by atoms with Crippen LogP contribution < -0.4 is 5.32 Å². The lowest BCUT2D eigenvalue weighted by molar-refractivity contribution is -0.352. The maximum atomic E-state index is 12.0. The van der Waals surface area contributed by atoms with Crippen molar-refractivity contribution in [2.24, 2.45) is 0 Å². The van der Waals surface area contributed by atoms with Crippen LogP contribution in [0.3, 0.4) is 0 Å². The molecule has 0 radical (unpaired) electrons. The minimum atomic E-state index is -4.61. The van der Waals surface area contributed by atoms with Gasteiger partial charge < -0.3 is 9.73 Å². The summed E-state index contributed by atoms with van der Waals surface area (Å²) < 4.78 is 45.2. The van der Waals surface area contributed by atoms with Crippen molar-refractivity contribution in [3.8, 4) is 0 Å². The van der Waals surface area contributed by atoms with E-state index in [1.165, 1.54) is 0 Å². The third-order valence-corrected chi connectivity index (χ3v) is 3.13. The lowest BCUT2D eigenvalue weighted by Gasteiger charge is -2.32. The molecular weight excluding hydrogens is 291 g/mol. The number of aryl methyl sites for hydroxylation is 1. The molecule has 0 bridgehead atoms. The first-order valence-corrected chi connectivity index (χ1v) is 6.32. The van der Waals surface area contributed by atoms with E-state index in [1.54, 1.807) is 0 Å². The highest BCUT2D eigenvalue weighted by Gasteiger charge is 2.42. The molecule has 21 heavy (non-hydrogen) atoms. The van der Waals surface area contributed by atoms with Gasteiger partial charge in [0.1, 0.15) is 0 Å². The Balaban J connectivity index is 1.77. The first kappa shape index (κ1) is 15.5. The number of carbonyl (C=O) groups excluding carboxylic acids is 1. The zero-order chi connectivity index (χ0) is 15.5. The second-order valence-corrected chi connectivity index (χ2v) is 4.75. The molecule has 0 unspecified atom stereocenters. The van der Waals surface area contributed by atoms with Crippen LogP contribution in [0.2, 0.25) is 0 Å². The molecule has 1 aromatic rings. The number of allylic oxidation sites excluding steroid dienone is 1. The average molecular weight is 305 g/mol. The molecule has 0 saturated heterocycles. The second kappa shape index (κ2) is 6.25. The number of amides is 1. The topological polar surface area (TPSA) is 77.2 Å². The van der Waals surface area contributed by atoms with Gasteiger partial charge in [-0.25, -0.2) is 0 Å². The lowest BCUT2D eigenvalue weighted by Crippen LogP contribution is -2.34. The van der Waals surface area contributed by atoms with Crippen LogP contribution in [0.4, 0.5) is 13.2 Å². The molecule has 6 nitrogen and oxygen atoms in total. The summed E-state index contributed by atoms with van der Waals surface area (Å²) in [5.74, 6) is 0.481. The van der Waals surface area contributed by atoms with Crippen LogP contribution in [-0.4, -0.2) is 29.1 Å². The Hall–Kier alpha value is -1.90. The number of hydrogen-bond acceptors (Lipinski definition) is 5. The molecule has 0 aliphatic heterocycles. The zero-order valence-corrected chi connectivity index (χ0v) is 11.0. The highest BCUT2D eigenvalue weighted by molar-refractivity contribution is 5.49. The van der Waals surface area contributed by atoms with E-state index >= 15 is 0 Å². The Morgan fingerprint density at radius 1 is 1.48 bits per heavy atom. The quantitative estimate of drug-likeness (QED) is 0.780. The molecule has 1 aliphatic rings. The number of alkyl halides is 3. The number of ether oxygens (including phenoxy) is 1. The predicted octanol–water partition coefficient (Wildman–Crippen LogP) is 2.04. The number of hydrogen-bond donors (Lipinski definition) is 1. The summed E-state index contributed by atoms with van der Waals surface area (Å²) in [4.78, 5) is 10.2. The van der Waals surface area contributed by atoms with E-state index in [4.69, 9.17) is 4.42 Å². The van der Waals surface area contributed by atoms with Gasteiger partial charge in [0, 0.05) is 18.0 Å². The fourth-order valence-electron chi connectivity index (χ4n) is 2.00. The fourth-order valence-corrected chi connectivity index (χ4v) is 2.00. The van der Waals surface area contributed by atoms with Crippen LogP contribution in [0.1, 0.15) is 37.0 Å². The Kier molecular flexibility index (Phi) is 4.61. The molecule has 1 heterocycles. The summed E-state index contributed by atoms with van der Waals surface area (Å²) in [5, 5.41) is 10.0. The number of rotatable bonds is 7. The van der Waals surface area contributed by atoms with E-state index in [0.717, 1.165) is 0 Å². The van der Waals surface area contributed by atoms with Gasteiger partial charge in [0.25, 0.3) is 0 Å². The van der Waals surface area contributed by atoms with Crippen LogP contribution in [0.25, 0.3) is 0 Å². The van der Waals surface area contributed by atoms with Crippen molar-refractivity contribution in [3.63, 3.8) is 0 Å². The van der Waals surface area contributed by atoms with E-state index < -0.39 is 12.5 Å². The molecule has 1 saturated carbocycles. The maximum absolute atomic E-state index is 12.0. The molecule has 1 amide bonds. The lowest BCUT2D eigenvalue weighted by atomic mass is 9.82. The summed E-state index contributed by atoms with van der Waals surface area (Å²) in [7, 11) is 0. The van der Waals surface area contributed by atoms with Gasteiger partial charge in [0.15, 0.2) is 0 Å². The van der Waals surface area contributed by atoms with Gasteiger partial charge in [-0.2, -0.15) is 0 Å². The highest BCUT2D eigenvalue weighted by Crippen LogP contribution is 2.40. The Morgan fingerprint density at radius 3 is 2.81 bits per heavy atom. The van der Waals surface area contributed by atoms with Crippen molar-refractivity contribution < 1.29 is 27.1 Å². The summed E-state index contributed by atoms with van der Waals surface area (Å²) in [6, 6.07) is 0. The Labute approximate surface area is 118 Å². The smallest absolute Gasteiger partial charge is 0.425 e. The predicted molar refractivity (Wildman–Crippen MR) is 63.9 cm³/mol. The molecule has 0 aromatic carbocycles. The molecule has 1 fully saturated rings. The van der Waals surface area contributed by atoms with Crippen LogP contribution >= 0.6 is 0 Å². The fraction of sp³-hybridized carbons (Fsp3) is 0.583. The SMILES string of the molecule is C=C(CCc1nnc([C@H]2C[C@@H](OC(F)(F)F)C2)o1)NC=O. The molecule has 116 valence electrons. The second-order valence-electron chi connectivity index (χ2n) is 4.75. The summed E-state index contributed by atoms with van der Waals surface area (Å²) in [5.41, 5.74) is 0.520. The summed E-state index contributed by atoms with van der Waals surface area (Å²) in [6.45, 7) is 3.62. The van der Waals surface area contributed by atoms with Crippen molar-refractivity contribution in [1.82, 2.24) is 15.5 Å². The standard InChI is InChI=1S/C12H14F3N3O3/c1-7(16-6-19)2-3-10-17-18-11(20-10)8-4-9(5-8)21-12(13,14)15/h6,8-9H,1-5H2,(H,16,19)/t8-,9+. The third kappa shape index (κ3) is 4.55. The van der Waals surface area contributed by atoms with Gasteiger partial charge in [-0.1, -0.05) is 6.58 Å². The molecule has 1 aliphatic carbocycles. The normalized spacial score (nSPS) is 21.7. The molecule has 1 N–H and O–H groups in total. The molecule has 1 aromatic heterocycles. The minimum absolute atomic E-state index is 0.199. The van der Waals surface area contributed by atoms with Crippen molar-refractivity contribution >= 4 is 6.41 Å². The van der Waals surface area contributed by atoms with Gasteiger partial charge in [-0.05, 0) is 19.3 Å². The largest absolute Gasteiger partial charge is 0.522 e. The van der Waals surface area contributed by atoms with Gasteiger partial charge in [-0.15, -0.1) is 23.4 Å². The zero-order valence-electron chi connectivity index (χ0n) is 11.0. The Bertz CT molecular complexity index is 509. The molecule has 2 rings (SSSR count). The van der Waals surface area contributed by atoms with Crippen molar-refractivity contribution in [2.75, 3.05) is 0 Å². The average Bonchev–Trinajstić information content (AvgIpc) is 2.78. The highest BCUT2D eigenvalue weighted by atomic mass is 19.4. The van der Waals surface area contributed by atoms with Crippen LogP contribution in [0.5, 0.6) is 0 Å². The maximum Gasteiger partial charge on any atom is 0.522 e. The number of nitrogens with zero attached hydrogens (tertiary/aromatic N) is 2. The summed E-state index contributed by atoms with van der Waals surface area (Å²) in [6.07, 6.45) is -3.66. The van der Waals surface area contributed by atoms with E-state index in [0.29, 0.717) is 36.7 Å². The molecule has 0 atom stereocenters. The van der Waals surface area contributed by atoms with E-state index in [1.807, 2.05) is 0 Å². The van der Waals surface area contributed by atoms with Crippen LogP contribution in [-0.2, 0) is 16.0 Å². The van der Waals surface area contributed by atoms with Crippen molar-refractivity contribution in [3.05, 3.63) is 24.1 Å². The number of nitrogens with one attached hydrogen (secondary N) is 1. The minimum Gasteiger partial charge on any atom is -0.425 e. The van der Waals surface area contributed by atoms with E-state index in [9.17, 15) is 18.0 Å². The van der Waals surface area contributed by atoms with Gasteiger partial charge in [-0.3, -0.25) is 9.53 Å². The van der Waals surface area contributed by atoms with E-state index in [-0.39, 0.29) is 18.8 Å². The summed E-state index contributed by atoms with van der Waals surface area (Å²) >= 11 is 0. The Morgan fingerprint density at radius 2 is 2.19 bits per heavy atom. The van der Waals surface area contributed by atoms with Gasteiger partial charge in [0.05, 0.1) is 6.10 Å². The van der Waals surface area contributed by atoms with Crippen LogP contribution in [0.15, 0.2) is 16.7 Å².